The van der Waals surface area contributed by atoms with Crippen molar-refractivity contribution in [2.45, 2.75) is 63.2 Å². The van der Waals surface area contributed by atoms with E-state index in [4.69, 9.17) is 25.0 Å². The van der Waals surface area contributed by atoms with Gasteiger partial charge >= 0.3 is 12.2 Å². The lowest BCUT2D eigenvalue weighted by molar-refractivity contribution is -0.137. The van der Waals surface area contributed by atoms with Crippen molar-refractivity contribution >= 4 is 69.9 Å². The predicted molar refractivity (Wildman–Crippen MR) is 261 cm³/mol. The summed E-state index contributed by atoms with van der Waals surface area (Å²) in [5, 5.41) is 16.3. The van der Waals surface area contributed by atoms with E-state index in [-0.39, 0.29) is 118 Å². The van der Waals surface area contributed by atoms with Gasteiger partial charge in [-0.3, -0.25) is 38.9 Å². The van der Waals surface area contributed by atoms with Crippen molar-refractivity contribution in [1.82, 2.24) is 40.6 Å². The number of rotatable bonds is 15. The van der Waals surface area contributed by atoms with Gasteiger partial charge in [-0.1, -0.05) is 24.3 Å². The number of urea groups is 1. The Morgan fingerprint density at radius 2 is 1.68 bits per heavy atom. The number of alkyl halides is 3. The van der Waals surface area contributed by atoms with E-state index >= 15 is 0 Å². The van der Waals surface area contributed by atoms with Crippen molar-refractivity contribution in [1.29, 1.82) is 0 Å². The Hall–Kier alpha value is -7.92. The zero-order chi connectivity index (χ0) is 51.6. The number of nitrogens with one attached hydrogen (secondary N) is 4. The maximum absolute atomic E-state index is 13.5. The van der Waals surface area contributed by atoms with Crippen LogP contribution in [0.15, 0.2) is 73.1 Å². The predicted octanol–water partition coefficient (Wildman–Crippen LogP) is 5.50. The summed E-state index contributed by atoms with van der Waals surface area (Å²) in [6.07, 6.45) is 5.22. The van der Waals surface area contributed by atoms with E-state index in [0.717, 1.165) is 48.7 Å². The molecule has 1 saturated carbocycles. The van der Waals surface area contributed by atoms with Crippen molar-refractivity contribution in [3.63, 3.8) is 0 Å². The van der Waals surface area contributed by atoms with Crippen LogP contribution in [0, 0.1) is 0 Å². The number of halogens is 3. The zero-order valence-electron chi connectivity index (χ0n) is 39.8. The number of carbonyl (C=O) groups excluding carboxylic acids is 6. The van der Waals surface area contributed by atoms with Gasteiger partial charge < -0.3 is 40.8 Å². The molecule has 0 unspecified atom stereocenters. The highest BCUT2D eigenvalue weighted by molar-refractivity contribution is 6.08. The zero-order valence-corrected chi connectivity index (χ0v) is 39.8. The van der Waals surface area contributed by atoms with Gasteiger partial charge in [-0.25, -0.2) is 14.8 Å². The number of benzene rings is 2. The van der Waals surface area contributed by atoms with Crippen molar-refractivity contribution in [3.8, 4) is 17.0 Å². The highest BCUT2D eigenvalue weighted by Crippen LogP contribution is 2.39. The highest BCUT2D eigenvalue weighted by atomic mass is 19.4. The fourth-order valence-corrected chi connectivity index (χ4v) is 8.96. The third-order valence-electron chi connectivity index (χ3n) is 12.6. The molecule has 2 bridgehead atoms. The Morgan fingerprint density at radius 1 is 0.904 bits per heavy atom. The number of imide groups is 1. The van der Waals surface area contributed by atoms with Crippen molar-refractivity contribution < 1.29 is 56.1 Å². The lowest BCUT2D eigenvalue weighted by Gasteiger charge is -2.31. The average Bonchev–Trinajstić information content (AvgIpc) is 3.79. The summed E-state index contributed by atoms with van der Waals surface area (Å²) in [4.78, 5) is 88.3. The monoisotopic (exact) mass is 1010 g/mol. The fourth-order valence-electron chi connectivity index (χ4n) is 8.96. The molecule has 7 amide bonds. The number of anilines is 3. The van der Waals surface area contributed by atoms with Gasteiger partial charge in [-0.2, -0.15) is 18.3 Å². The maximum Gasteiger partial charge on any atom is 0.416 e. The molecule has 2 aliphatic heterocycles. The summed E-state index contributed by atoms with van der Waals surface area (Å²) in [7, 11) is 1.44. The second-order valence-electron chi connectivity index (χ2n) is 17.5. The number of methoxy groups -OCH3 is 1. The molecule has 384 valence electrons. The quantitative estimate of drug-likeness (QED) is 0.0814. The Kier molecular flexibility index (Phi) is 16.3. The van der Waals surface area contributed by atoms with Gasteiger partial charge in [-0.15, -0.1) is 0 Å². The fraction of sp³-hybridized carbons (Fsp3) is 0.380. The van der Waals surface area contributed by atoms with Gasteiger partial charge in [0.1, 0.15) is 23.1 Å². The molecule has 3 aliphatic rings. The van der Waals surface area contributed by atoms with Crippen LogP contribution in [0.4, 0.5) is 35.3 Å². The van der Waals surface area contributed by atoms with Crippen LogP contribution in [-0.4, -0.2) is 126 Å². The molecule has 6 N–H and O–H groups in total. The van der Waals surface area contributed by atoms with E-state index in [9.17, 15) is 41.9 Å². The lowest BCUT2D eigenvalue weighted by Crippen LogP contribution is -2.49. The summed E-state index contributed by atoms with van der Waals surface area (Å²) in [6.45, 7) is 1.10. The number of nitrogens with zero attached hydrogens (tertiary/aromatic N) is 6. The van der Waals surface area contributed by atoms with Crippen LogP contribution < -0.4 is 36.6 Å². The number of amides is 7. The number of aromatic nitrogens is 4. The number of hydrogen-bond acceptors (Lipinski definition) is 13. The molecule has 8 rings (SSSR count). The molecule has 73 heavy (non-hydrogen) atoms. The second-order valence-corrected chi connectivity index (χ2v) is 17.5. The Morgan fingerprint density at radius 3 is 2.45 bits per heavy atom. The van der Waals surface area contributed by atoms with Gasteiger partial charge in [0.05, 0.1) is 74.7 Å². The molecule has 5 aromatic rings. The van der Waals surface area contributed by atoms with E-state index < -0.39 is 29.6 Å². The second kappa shape index (κ2) is 23.1. The minimum Gasteiger partial charge on any atom is -0.495 e. The minimum atomic E-state index is -4.60. The van der Waals surface area contributed by atoms with Crippen molar-refractivity contribution in [2.75, 3.05) is 75.7 Å². The van der Waals surface area contributed by atoms with Gasteiger partial charge in [0.2, 0.25) is 17.7 Å². The standard InChI is InChI=1S/C50H54F3N11O9/c1-71-38-13-12-32(25-37(38)63-20-15-40(65)60-49(63)70)47(68)56-18-22-73-24-23-72-21-16-42(67)62-19-3-2-5-33-28-57-46(54)43-44(61-64(45(33)43)36-7-4-6-35(27-36)58-41(66)29-62)30-8-10-31(11-9-30)48(69)59-39-26-34(14-17-55-39)50(51,52)53/h2,5,8-14,17,25-26,28,35-36H,3-4,6-7,15-16,18-24,27,29H2,1H3,(H2,54,57)(H,56,68)(H,58,66)(H,55,59,69)(H,60,65,70)/b5-2+/t35-,36-/m1/s1. The Balaban J connectivity index is 0.852. The van der Waals surface area contributed by atoms with Crippen molar-refractivity contribution in [3.05, 3.63) is 95.3 Å². The number of nitrogens with two attached hydrogens (primary N) is 1. The molecule has 20 nitrogen and oxygen atoms in total. The van der Waals surface area contributed by atoms with Crippen LogP contribution in [0.1, 0.15) is 82.8 Å². The van der Waals surface area contributed by atoms with Gasteiger partial charge in [0, 0.05) is 66.7 Å². The van der Waals surface area contributed by atoms with Gasteiger partial charge in [-0.05, 0) is 74.6 Å². The molecule has 5 heterocycles. The van der Waals surface area contributed by atoms with Crippen LogP contribution in [0.5, 0.6) is 5.75 Å². The number of hydrogen-bond donors (Lipinski definition) is 5. The molecule has 3 aromatic heterocycles. The van der Waals surface area contributed by atoms with Crippen LogP contribution in [0.2, 0.25) is 0 Å². The van der Waals surface area contributed by atoms with E-state index in [1.165, 1.54) is 35.1 Å². The topological polar surface area (TPSA) is 254 Å². The van der Waals surface area contributed by atoms with Crippen LogP contribution in [0.25, 0.3) is 28.2 Å². The summed E-state index contributed by atoms with van der Waals surface area (Å²) >= 11 is 0. The minimum absolute atomic E-state index is 0.0287. The molecule has 0 spiro atoms. The summed E-state index contributed by atoms with van der Waals surface area (Å²) < 4.78 is 58.4. The first-order valence-corrected chi connectivity index (χ1v) is 23.7. The number of carbonyl (C=O) groups is 6. The normalized spacial score (nSPS) is 17.8. The highest BCUT2D eigenvalue weighted by Gasteiger charge is 2.33. The average molecular weight is 1010 g/mol. The Labute approximate surface area is 416 Å². The first-order chi connectivity index (χ1) is 35.2. The molecule has 2 fully saturated rings. The molecule has 23 heteroatoms. The molecule has 1 saturated heterocycles. The van der Waals surface area contributed by atoms with E-state index in [0.29, 0.717) is 40.9 Å². The summed E-state index contributed by atoms with van der Waals surface area (Å²) in [6, 6.07) is 11.7. The van der Waals surface area contributed by atoms with E-state index in [2.05, 4.69) is 31.2 Å². The Bertz CT molecular complexity index is 2910. The number of ether oxygens (including phenoxy) is 3. The molecule has 2 aromatic carbocycles. The summed E-state index contributed by atoms with van der Waals surface area (Å²) in [5.74, 6) is -1.61. The summed E-state index contributed by atoms with van der Waals surface area (Å²) in [5.41, 5.74) is 9.06. The smallest absolute Gasteiger partial charge is 0.416 e. The number of nitrogen functional groups attached to an aromatic ring is 1. The van der Waals surface area contributed by atoms with Crippen molar-refractivity contribution in [2.24, 2.45) is 0 Å². The van der Waals surface area contributed by atoms with Crippen LogP contribution >= 0.6 is 0 Å². The van der Waals surface area contributed by atoms with E-state index in [1.807, 2.05) is 16.8 Å². The van der Waals surface area contributed by atoms with E-state index in [1.54, 1.807) is 30.5 Å². The first-order valence-electron chi connectivity index (χ1n) is 23.7. The van der Waals surface area contributed by atoms with Crippen LogP contribution in [0.3, 0.4) is 0 Å². The van der Waals surface area contributed by atoms with Crippen LogP contribution in [-0.2, 0) is 30.0 Å². The maximum atomic E-state index is 13.5. The lowest BCUT2D eigenvalue weighted by atomic mass is 9.90. The molecule has 2 atom stereocenters. The SMILES string of the molecule is COc1ccc(C(=O)NCCOCCOCCC(=O)N2CC/C=C/c3cnc(N)c4c(-c5ccc(C(=O)Nc6cc(C(F)(F)F)ccn6)cc5)nn(c34)[C@@H]3CCC[C@H](C3)NC(=O)C2)cc1N1CCC(=O)NC1=O. The first kappa shape index (κ1) is 51.4. The van der Waals surface area contributed by atoms with Gasteiger partial charge in [0.15, 0.2) is 0 Å². The number of fused-ring (bicyclic) bond motifs is 3. The largest absolute Gasteiger partial charge is 0.495 e. The number of pyridine rings is 2. The van der Waals surface area contributed by atoms with Gasteiger partial charge in [0.25, 0.3) is 11.8 Å². The third-order valence-corrected chi connectivity index (χ3v) is 12.6. The molecule has 0 radical (unpaired) electrons. The molecular formula is C50H54F3N11O9. The third kappa shape index (κ3) is 12.6. The molecular weight excluding hydrogens is 956 g/mol. The molecule has 1 aliphatic carbocycles.